The summed E-state index contributed by atoms with van der Waals surface area (Å²) < 4.78 is 37.5. The first-order chi connectivity index (χ1) is 12.7. The van der Waals surface area contributed by atoms with Gasteiger partial charge in [-0.15, -0.1) is 17.7 Å². The van der Waals surface area contributed by atoms with Crippen LogP contribution in [0.2, 0.25) is 0 Å². The van der Waals surface area contributed by atoms with E-state index in [0.717, 1.165) is 16.5 Å². The highest BCUT2D eigenvalue weighted by Gasteiger charge is 2.12. The van der Waals surface area contributed by atoms with Crippen molar-refractivity contribution in [2.24, 2.45) is 10.2 Å². The van der Waals surface area contributed by atoms with E-state index in [1.54, 1.807) is 31.4 Å². The number of nitrogens with zero attached hydrogens (tertiary/aromatic N) is 2. The van der Waals surface area contributed by atoms with Crippen LogP contribution in [0.25, 0.3) is 10.8 Å². The lowest BCUT2D eigenvalue weighted by molar-refractivity contribution is 0.411. The van der Waals surface area contributed by atoms with Crippen LogP contribution >= 0.6 is 12.6 Å². The van der Waals surface area contributed by atoms with Gasteiger partial charge in [0.05, 0.1) is 23.4 Å². The summed E-state index contributed by atoms with van der Waals surface area (Å²) in [5.41, 5.74) is 3.01. The molecule has 0 aliphatic rings. The Balaban J connectivity index is 2.15. The van der Waals surface area contributed by atoms with E-state index in [1.807, 2.05) is 19.9 Å². The van der Waals surface area contributed by atoms with Crippen molar-refractivity contribution < 1.29 is 17.7 Å². The van der Waals surface area contributed by atoms with E-state index in [-0.39, 0.29) is 4.90 Å². The quantitative estimate of drug-likeness (QED) is 0.347. The van der Waals surface area contributed by atoms with Crippen LogP contribution in [-0.4, -0.2) is 20.1 Å². The Morgan fingerprint density at radius 3 is 2.33 bits per heavy atom. The summed E-state index contributed by atoms with van der Waals surface area (Å²) in [6.07, 6.45) is 0. The molecule has 0 atom stereocenters. The van der Waals surface area contributed by atoms with Crippen molar-refractivity contribution in [2.75, 3.05) is 7.11 Å². The number of aryl methyl sites for hydroxylation is 2. The SMILES string of the molecule is COc1cc(N=Nc2cc(S)cc3ccc(S(=O)(=O)O)cc23)c(C)cc1C. The third-order valence-corrected chi connectivity index (χ3v) is 5.27. The first-order valence-corrected chi connectivity index (χ1v) is 9.89. The number of methoxy groups -OCH3 is 1. The summed E-state index contributed by atoms with van der Waals surface area (Å²) in [6, 6.07) is 11.5. The summed E-state index contributed by atoms with van der Waals surface area (Å²) in [7, 11) is -2.73. The summed E-state index contributed by atoms with van der Waals surface area (Å²) in [5.74, 6) is 0.705. The van der Waals surface area contributed by atoms with Crippen LogP contribution in [0.5, 0.6) is 5.75 Å². The van der Waals surface area contributed by atoms with Crippen LogP contribution in [0.1, 0.15) is 11.1 Å². The molecule has 0 saturated carbocycles. The molecule has 0 spiro atoms. The zero-order chi connectivity index (χ0) is 19.8. The maximum Gasteiger partial charge on any atom is 0.294 e. The lowest BCUT2D eigenvalue weighted by Gasteiger charge is -2.08. The molecule has 0 radical (unpaired) electrons. The van der Waals surface area contributed by atoms with Crippen molar-refractivity contribution in [3.8, 4) is 5.75 Å². The monoisotopic (exact) mass is 402 g/mol. The Kier molecular flexibility index (Phi) is 5.23. The van der Waals surface area contributed by atoms with Crippen LogP contribution in [-0.2, 0) is 10.1 Å². The Morgan fingerprint density at radius 1 is 0.963 bits per heavy atom. The number of benzene rings is 3. The summed E-state index contributed by atoms with van der Waals surface area (Å²) >= 11 is 4.37. The third kappa shape index (κ3) is 4.13. The molecule has 0 aliphatic carbocycles. The summed E-state index contributed by atoms with van der Waals surface area (Å²) in [4.78, 5) is 0.459. The van der Waals surface area contributed by atoms with Gasteiger partial charge in [0, 0.05) is 16.3 Å². The molecule has 0 bridgehead atoms. The normalized spacial score (nSPS) is 12.0. The summed E-state index contributed by atoms with van der Waals surface area (Å²) in [5, 5.41) is 9.89. The number of azo groups is 1. The molecule has 27 heavy (non-hydrogen) atoms. The second-order valence-corrected chi connectivity index (χ2v) is 8.07. The minimum absolute atomic E-state index is 0.202. The van der Waals surface area contributed by atoms with Crippen molar-refractivity contribution in [1.29, 1.82) is 0 Å². The van der Waals surface area contributed by atoms with Gasteiger partial charge >= 0.3 is 0 Å². The molecule has 3 rings (SSSR count). The smallest absolute Gasteiger partial charge is 0.294 e. The number of fused-ring (bicyclic) bond motifs is 1. The fourth-order valence-corrected chi connectivity index (χ4v) is 3.57. The first-order valence-electron chi connectivity index (χ1n) is 8.00. The Morgan fingerprint density at radius 2 is 1.67 bits per heavy atom. The van der Waals surface area contributed by atoms with Crippen LogP contribution in [0.3, 0.4) is 0 Å². The van der Waals surface area contributed by atoms with E-state index < -0.39 is 10.1 Å². The molecule has 0 aliphatic heterocycles. The standard InChI is InChI=1S/C19H18N2O4S2/c1-11-6-12(2)19(25-3)10-17(11)20-21-18-8-14(26)7-13-4-5-15(9-16(13)18)27(22,23)24/h4-10,26H,1-3H3,(H,22,23,24). The van der Waals surface area contributed by atoms with Crippen molar-refractivity contribution >= 4 is 44.9 Å². The first kappa shape index (κ1) is 19.3. The number of hydrogen-bond donors (Lipinski definition) is 2. The van der Waals surface area contributed by atoms with Gasteiger partial charge in [-0.2, -0.15) is 13.5 Å². The molecule has 140 valence electrons. The topological polar surface area (TPSA) is 88.3 Å². The molecule has 0 aromatic heterocycles. The average molecular weight is 402 g/mol. The third-order valence-electron chi connectivity index (χ3n) is 4.17. The maximum absolute atomic E-state index is 11.5. The van der Waals surface area contributed by atoms with E-state index in [0.29, 0.717) is 27.4 Å². The minimum atomic E-state index is -4.32. The Hall–Kier alpha value is -2.42. The van der Waals surface area contributed by atoms with Crippen LogP contribution in [0.4, 0.5) is 11.4 Å². The summed E-state index contributed by atoms with van der Waals surface area (Å²) in [6.45, 7) is 3.87. The minimum Gasteiger partial charge on any atom is -0.496 e. The average Bonchev–Trinajstić information content (AvgIpc) is 2.59. The lowest BCUT2D eigenvalue weighted by atomic mass is 10.1. The van der Waals surface area contributed by atoms with Crippen molar-refractivity contribution in [3.05, 3.63) is 53.6 Å². The van der Waals surface area contributed by atoms with Crippen LogP contribution in [0.15, 0.2) is 62.5 Å². The van der Waals surface area contributed by atoms with Gasteiger partial charge in [-0.05, 0) is 54.6 Å². The highest BCUT2D eigenvalue weighted by atomic mass is 32.2. The van der Waals surface area contributed by atoms with Crippen LogP contribution in [0, 0.1) is 13.8 Å². The number of thiol groups is 1. The molecule has 0 amide bonds. The molecule has 8 heteroatoms. The van der Waals surface area contributed by atoms with E-state index >= 15 is 0 Å². The van der Waals surface area contributed by atoms with E-state index in [4.69, 9.17) is 4.74 Å². The number of ether oxygens (including phenoxy) is 1. The van der Waals surface area contributed by atoms with E-state index in [2.05, 4.69) is 22.9 Å². The van der Waals surface area contributed by atoms with Gasteiger partial charge in [-0.3, -0.25) is 4.55 Å². The number of hydrogen-bond acceptors (Lipinski definition) is 6. The van der Waals surface area contributed by atoms with E-state index in [9.17, 15) is 13.0 Å². The fourth-order valence-electron chi connectivity index (χ4n) is 2.80. The van der Waals surface area contributed by atoms with E-state index in [1.165, 1.54) is 12.1 Å². The van der Waals surface area contributed by atoms with Gasteiger partial charge in [0.15, 0.2) is 0 Å². The molecule has 3 aromatic rings. The predicted molar refractivity (Wildman–Crippen MR) is 108 cm³/mol. The molecule has 6 nitrogen and oxygen atoms in total. The van der Waals surface area contributed by atoms with Crippen molar-refractivity contribution in [1.82, 2.24) is 0 Å². The zero-order valence-corrected chi connectivity index (χ0v) is 16.7. The maximum atomic E-state index is 11.5. The molecule has 0 unspecified atom stereocenters. The van der Waals surface area contributed by atoms with Gasteiger partial charge in [-0.1, -0.05) is 12.1 Å². The highest BCUT2D eigenvalue weighted by Crippen LogP contribution is 2.34. The molecule has 0 fully saturated rings. The second-order valence-electron chi connectivity index (χ2n) is 6.13. The number of rotatable bonds is 4. The van der Waals surface area contributed by atoms with Gasteiger partial charge in [-0.25, -0.2) is 0 Å². The van der Waals surface area contributed by atoms with Gasteiger partial charge < -0.3 is 4.74 Å². The molecule has 3 aromatic carbocycles. The predicted octanol–water partition coefficient (Wildman–Crippen LogP) is 5.42. The van der Waals surface area contributed by atoms with Gasteiger partial charge in [0.25, 0.3) is 10.1 Å². The van der Waals surface area contributed by atoms with Gasteiger partial charge in [0.2, 0.25) is 0 Å². The Bertz CT molecular complexity index is 1170. The zero-order valence-electron chi connectivity index (χ0n) is 15.0. The second kappa shape index (κ2) is 7.30. The molecule has 1 N–H and O–H groups in total. The molecule has 0 heterocycles. The molecular weight excluding hydrogens is 384 g/mol. The lowest BCUT2D eigenvalue weighted by Crippen LogP contribution is -1.97. The largest absolute Gasteiger partial charge is 0.496 e. The molecule has 0 saturated heterocycles. The fraction of sp³-hybridized carbons (Fsp3) is 0.158. The van der Waals surface area contributed by atoms with Gasteiger partial charge in [0.1, 0.15) is 5.75 Å². The van der Waals surface area contributed by atoms with Crippen LogP contribution < -0.4 is 4.74 Å². The van der Waals surface area contributed by atoms with Crippen molar-refractivity contribution in [2.45, 2.75) is 23.6 Å². The molecular formula is C19H18N2O4S2. The highest BCUT2D eigenvalue weighted by molar-refractivity contribution is 7.85. The Labute approximate surface area is 163 Å². The van der Waals surface area contributed by atoms with Crippen molar-refractivity contribution in [3.63, 3.8) is 0 Å².